The molecule has 0 saturated heterocycles. The highest BCUT2D eigenvalue weighted by atomic mass is 16.3. The topological polar surface area (TPSA) is 46.2 Å². The third kappa shape index (κ3) is 1.83. The van der Waals surface area contributed by atoms with Gasteiger partial charge >= 0.3 is 0 Å². The second-order valence-corrected chi connectivity index (χ2v) is 3.46. The molecule has 0 fully saturated rings. The number of phenols is 1. The van der Waals surface area contributed by atoms with Crippen LogP contribution in [-0.2, 0) is 0 Å². The number of phenolic OH excluding ortho intramolecular Hbond substituents is 1. The van der Waals surface area contributed by atoms with Gasteiger partial charge in [-0.25, -0.2) is 0 Å². The van der Waals surface area contributed by atoms with Crippen molar-refractivity contribution in [2.24, 2.45) is 5.73 Å². The summed E-state index contributed by atoms with van der Waals surface area (Å²) in [6.45, 7) is 5.91. The van der Waals surface area contributed by atoms with Gasteiger partial charge in [-0.05, 0) is 31.4 Å². The maximum atomic E-state index is 9.80. The minimum atomic E-state index is -0.0562. The van der Waals surface area contributed by atoms with Gasteiger partial charge in [0.25, 0.3) is 0 Å². The third-order valence-corrected chi connectivity index (χ3v) is 2.57. The molecular formula is C11H17NO. The summed E-state index contributed by atoms with van der Waals surface area (Å²) in [6.07, 6.45) is 0.843. The Bertz CT molecular complexity index is 307. The first kappa shape index (κ1) is 10.1. The minimum absolute atomic E-state index is 0.0562. The maximum absolute atomic E-state index is 9.80. The van der Waals surface area contributed by atoms with Crippen molar-refractivity contribution in [3.05, 3.63) is 28.8 Å². The zero-order valence-corrected chi connectivity index (χ0v) is 8.46. The second-order valence-electron chi connectivity index (χ2n) is 3.46. The highest BCUT2D eigenvalue weighted by molar-refractivity contribution is 5.45. The molecule has 13 heavy (non-hydrogen) atoms. The molecule has 0 saturated carbocycles. The minimum Gasteiger partial charge on any atom is -0.507 e. The summed E-state index contributed by atoms with van der Waals surface area (Å²) in [5, 5.41) is 9.80. The maximum Gasteiger partial charge on any atom is 0.123 e. The van der Waals surface area contributed by atoms with Crippen molar-refractivity contribution < 1.29 is 5.11 Å². The van der Waals surface area contributed by atoms with Crippen LogP contribution in [0.15, 0.2) is 12.1 Å². The molecule has 0 aromatic heterocycles. The van der Waals surface area contributed by atoms with Crippen LogP contribution in [0.25, 0.3) is 0 Å². The number of hydrogen-bond donors (Lipinski definition) is 2. The lowest BCUT2D eigenvalue weighted by molar-refractivity contribution is 0.455. The van der Waals surface area contributed by atoms with Gasteiger partial charge in [-0.15, -0.1) is 0 Å². The fourth-order valence-electron chi connectivity index (χ4n) is 1.34. The predicted molar refractivity (Wildman–Crippen MR) is 54.8 cm³/mol. The zero-order chi connectivity index (χ0) is 10.0. The van der Waals surface area contributed by atoms with E-state index in [1.165, 1.54) is 0 Å². The number of rotatable bonds is 2. The highest BCUT2D eigenvalue weighted by Crippen LogP contribution is 2.29. The Hall–Kier alpha value is -1.02. The molecule has 1 atom stereocenters. The molecule has 72 valence electrons. The van der Waals surface area contributed by atoms with Crippen LogP contribution in [0, 0.1) is 13.8 Å². The molecule has 0 aliphatic heterocycles. The van der Waals surface area contributed by atoms with Crippen molar-refractivity contribution in [1.29, 1.82) is 0 Å². The smallest absolute Gasteiger partial charge is 0.123 e. The lowest BCUT2D eigenvalue weighted by Crippen LogP contribution is -2.09. The monoisotopic (exact) mass is 179 g/mol. The van der Waals surface area contributed by atoms with E-state index >= 15 is 0 Å². The van der Waals surface area contributed by atoms with Gasteiger partial charge in [-0.2, -0.15) is 0 Å². The molecule has 0 amide bonds. The summed E-state index contributed by atoms with van der Waals surface area (Å²) in [5.74, 6) is 0.356. The quantitative estimate of drug-likeness (QED) is 0.732. The standard InChI is InChI=1S/C11H17NO/c1-4-10(12)9-6-5-7(2)8(3)11(9)13/h5-6,10,13H,4,12H2,1-3H3/t10-/m0/s1. The first-order chi connectivity index (χ1) is 6.07. The summed E-state index contributed by atoms with van der Waals surface area (Å²) in [6, 6.07) is 3.85. The van der Waals surface area contributed by atoms with Crippen molar-refractivity contribution >= 4 is 0 Å². The van der Waals surface area contributed by atoms with Gasteiger partial charge in [0.2, 0.25) is 0 Å². The average Bonchev–Trinajstić information content (AvgIpc) is 2.13. The number of aryl methyl sites for hydroxylation is 1. The van der Waals surface area contributed by atoms with Crippen LogP contribution in [0.5, 0.6) is 5.75 Å². The number of aromatic hydroxyl groups is 1. The van der Waals surface area contributed by atoms with Gasteiger partial charge in [0, 0.05) is 11.6 Å². The van der Waals surface area contributed by atoms with E-state index in [2.05, 4.69) is 0 Å². The van der Waals surface area contributed by atoms with Gasteiger partial charge in [0.05, 0.1) is 0 Å². The molecule has 2 nitrogen and oxygen atoms in total. The first-order valence-corrected chi connectivity index (χ1v) is 4.62. The fraction of sp³-hybridized carbons (Fsp3) is 0.455. The van der Waals surface area contributed by atoms with E-state index in [1.807, 2.05) is 32.9 Å². The first-order valence-electron chi connectivity index (χ1n) is 4.62. The van der Waals surface area contributed by atoms with Crippen LogP contribution in [-0.4, -0.2) is 5.11 Å². The normalized spacial score (nSPS) is 12.9. The average molecular weight is 179 g/mol. The number of hydrogen-bond acceptors (Lipinski definition) is 2. The molecule has 0 heterocycles. The molecule has 1 aromatic rings. The Morgan fingerprint density at radius 2 is 2.00 bits per heavy atom. The van der Waals surface area contributed by atoms with Gasteiger partial charge in [0.1, 0.15) is 5.75 Å². The fourth-order valence-corrected chi connectivity index (χ4v) is 1.34. The molecular weight excluding hydrogens is 162 g/mol. The van der Waals surface area contributed by atoms with Crippen molar-refractivity contribution in [2.45, 2.75) is 33.2 Å². The Labute approximate surface area is 79.4 Å². The van der Waals surface area contributed by atoms with Crippen molar-refractivity contribution in [3.63, 3.8) is 0 Å². The molecule has 0 spiro atoms. The molecule has 2 heteroatoms. The van der Waals surface area contributed by atoms with Gasteiger partial charge in [-0.1, -0.05) is 19.1 Å². The molecule has 0 bridgehead atoms. The Morgan fingerprint density at radius 3 is 2.54 bits per heavy atom. The lowest BCUT2D eigenvalue weighted by atomic mass is 9.98. The molecule has 3 N–H and O–H groups in total. The van der Waals surface area contributed by atoms with Crippen LogP contribution in [0.3, 0.4) is 0 Å². The second kappa shape index (κ2) is 3.79. The van der Waals surface area contributed by atoms with Gasteiger partial charge < -0.3 is 10.8 Å². The summed E-state index contributed by atoms with van der Waals surface area (Å²) in [5.41, 5.74) is 8.74. The van der Waals surface area contributed by atoms with Crippen LogP contribution in [0.2, 0.25) is 0 Å². The van der Waals surface area contributed by atoms with E-state index in [9.17, 15) is 5.11 Å². The van der Waals surface area contributed by atoms with Crippen molar-refractivity contribution in [2.75, 3.05) is 0 Å². The van der Waals surface area contributed by atoms with E-state index in [-0.39, 0.29) is 6.04 Å². The van der Waals surface area contributed by atoms with Crippen LogP contribution in [0.4, 0.5) is 0 Å². The Kier molecular flexibility index (Phi) is 2.94. The van der Waals surface area contributed by atoms with Crippen LogP contribution < -0.4 is 5.73 Å². The summed E-state index contributed by atoms with van der Waals surface area (Å²) in [7, 11) is 0. The Morgan fingerprint density at radius 1 is 1.38 bits per heavy atom. The van der Waals surface area contributed by atoms with Crippen LogP contribution in [0.1, 0.15) is 36.1 Å². The SMILES string of the molecule is CC[C@H](N)c1ccc(C)c(C)c1O. The van der Waals surface area contributed by atoms with E-state index in [0.717, 1.165) is 23.1 Å². The van der Waals surface area contributed by atoms with E-state index in [1.54, 1.807) is 0 Å². The van der Waals surface area contributed by atoms with Crippen molar-refractivity contribution in [1.82, 2.24) is 0 Å². The lowest BCUT2D eigenvalue weighted by Gasteiger charge is -2.14. The molecule has 0 aliphatic rings. The summed E-state index contributed by atoms with van der Waals surface area (Å²) >= 11 is 0. The van der Waals surface area contributed by atoms with Crippen molar-refractivity contribution in [3.8, 4) is 5.75 Å². The summed E-state index contributed by atoms with van der Waals surface area (Å²) < 4.78 is 0. The number of nitrogens with two attached hydrogens (primary N) is 1. The van der Waals surface area contributed by atoms with E-state index < -0.39 is 0 Å². The van der Waals surface area contributed by atoms with E-state index in [0.29, 0.717) is 5.75 Å². The molecule has 0 unspecified atom stereocenters. The third-order valence-electron chi connectivity index (χ3n) is 2.57. The highest BCUT2D eigenvalue weighted by Gasteiger charge is 2.11. The largest absolute Gasteiger partial charge is 0.507 e. The van der Waals surface area contributed by atoms with Gasteiger partial charge in [-0.3, -0.25) is 0 Å². The predicted octanol–water partition coefficient (Wildman–Crippen LogP) is 2.42. The zero-order valence-electron chi connectivity index (χ0n) is 8.46. The molecule has 1 aromatic carbocycles. The molecule has 1 rings (SSSR count). The number of benzene rings is 1. The van der Waals surface area contributed by atoms with E-state index in [4.69, 9.17) is 5.73 Å². The molecule has 0 radical (unpaired) electrons. The Balaban J connectivity index is 3.18. The van der Waals surface area contributed by atoms with Crippen LogP contribution >= 0.6 is 0 Å². The summed E-state index contributed by atoms with van der Waals surface area (Å²) in [4.78, 5) is 0. The van der Waals surface area contributed by atoms with Gasteiger partial charge in [0.15, 0.2) is 0 Å². The molecule has 0 aliphatic carbocycles.